The van der Waals surface area contributed by atoms with Crippen LogP contribution in [0.15, 0.2) is 0 Å². The molecule has 0 heterocycles. The highest BCUT2D eigenvalue weighted by molar-refractivity contribution is 4.77. The molecule has 0 N–H and O–H groups in total. The molecule has 0 bridgehead atoms. The molecular formula is C15H32. The molecular weight excluding hydrogens is 180 g/mol. The second kappa shape index (κ2) is 8.19. The molecule has 0 spiro atoms. The zero-order valence-corrected chi connectivity index (χ0v) is 11.7. The Hall–Kier alpha value is 0. The smallest absolute Gasteiger partial charge is 0.0326 e. The second-order valence-electron chi connectivity index (χ2n) is 5.72. The van der Waals surface area contributed by atoms with Gasteiger partial charge in [-0.25, -0.2) is 0 Å². The van der Waals surface area contributed by atoms with Gasteiger partial charge >= 0.3 is 0 Å². The number of hydrogen-bond donors (Lipinski definition) is 0. The van der Waals surface area contributed by atoms with E-state index in [-0.39, 0.29) is 0 Å². The van der Waals surface area contributed by atoms with Crippen molar-refractivity contribution in [2.45, 2.75) is 86.0 Å². The lowest BCUT2D eigenvalue weighted by atomic mass is 9.71. The molecule has 0 saturated heterocycles. The van der Waals surface area contributed by atoms with Crippen LogP contribution < -0.4 is 0 Å². The lowest BCUT2D eigenvalue weighted by Crippen LogP contribution is -2.24. The van der Waals surface area contributed by atoms with E-state index < -0.39 is 0 Å². The minimum absolute atomic E-state index is 0.568. The van der Waals surface area contributed by atoms with E-state index in [1.165, 1.54) is 51.4 Å². The number of rotatable bonds is 9. The van der Waals surface area contributed by atoms with Crippen LogP contribution in [-0.2, 0) is 0 Å². The van der Waals surface area contributed by atoms with E-state index in [0.29, 0.717) is 5.41 Å². The molecule has 0 aliphatic rings. The fraction of sp³-hybridized carbons (Fsp3) is 1.00. The van der Waals surface area contributed by atoms with Gasteiger partial charge in [0.1, 0.15) is 0 Å². The maximum absolute atomic E-state index is 2.47. The van der Waals surface area contributed by atoms with Crippen LogP contribution in [0.2, 0.25) is 0 Å². The van der Waals surface area contributed by atoms with Gasteiger partial charge in [0, 0.05) is 0 Å². The second-order valence-corrected chi connectivity index (χ2v) is 5.72. The standard InChI is InChI=1S/C15H32/c1-6-9-10-12-14(11-7-2)15(4,5)13-8-3/h14H,6-13H2,1-5H3. The van der Waals surface area contributed by atoms with Crippen LogP contribution in [0.1, 0.15) is 86.0 Å². The Morgan fingerprint density at radius 3 is 1.93 bits per heavy atom. The highest BCUT2D eigenvalue weighted by Gasteiger charge is 2.26. The van der Waals surface area contributed by atoms with Crippen LogP contribution in [0.3, 0.4) is 0 Å². The number of unbranched alkanes of at least 4 members (excludes halogenated alkanes) is 2. The minimum atomic E-state index is 0.568. The van der Waals surface area contributed by atoms with Gasteiger partial charge in [-0.3, -0.25) is 0 Å². The van der Waals surface area contributed by atoms with Crippen LogP contribution in [-0.4, -0.2) is 0 Å². The van der Waals surface area contributed by atoms with Gasteiger partial charge in [-0.05, 0) is 24.2 Å². The summed E-state index contributed by atoms with van der Waals surface area (Å²) in [6.45, 7) is 11.9. The molecule has 0 aromatic rings. The van der Waals surface area contributed by atoms with Crippen molar-refractivity contribution in [1.29, 1.82) is 0 Å². The van der Waals surface area contributed by atoms with Crippen molar-refractivity contribution < 1.29 is 0 Å². The van der Waals surface area contributed by atoms with Crippen LogP contribution >= 0.6 is 0 Å². The minimum Gasteiger partial charge on any atom is -0.0654 e. The summed E-state index contributed by atoms with van der Waals surface area (Å²) in [6, 6.07) is 0. The molecule has 92 valence electrons. The number of hydrogen-bond acceptors (Lipinski definition) is 0. The van der Waals surface area contributed by atoms with Crippen molar-refractivity contribution in [2.75, 3.05) is 0 Å². The van der Waals surface area contributed by atoms with Gasteiger partial charge in [0.2, 0.25) is 0 Å². The molecule has 0 aliphatic carbocycles. The Morgan fingerprint density at radius 2 is 1.47 bits per heavy atom. The highest BCUT2D eigenvalue weighted by atomic mass is 14.3. The Bertz CT molecular complexity index is 135. The third kappa shape index (κ3) is 6.22. The zero-order valence-electron chi connectivity index (χ0n) is 11.7. The molecule has 0 aliphatic heterocycles. The third-order valence-electron chi connectivity index (χ3n) is 3.79. The molecule has 0 saturated carbocycles. The molecule has 0 radical (unpaired) electrons. The molecule has 0 fully saturated rings. The Balaban J connectivity index is 4.10. The quantitative estimate of drug-likeness (QED) is 0.423. The van der Waals surface area contributed by atoms with E-state index in [4.69, 9.17) is 0 Å². The van der Waals surface area contributed by atoms with E-state index >= 15 is 0 Å². The summed E-state index contributed by atoms with van der Waals surface area (Å²) in [5.74, 6) is 0.953. The summed E-state index contributed by atoms with van der Waals surface area (Å²) in [5.41, 5.74) is 0.568. The third-order valence-corrected chi connectivity index (χ3v) is 3.79. The fourth-order valence-corrected chi connectivity index (χ4v) is 2.76. The topological polar surface area (TPSA) is 0 Å². The molecule has 0 aromatic carbocycles. The molecule has 1 unspecified atom stereocenters. The van der Waals surface area contributed by atoms with Crippen molar-refractivity contribution in [1.82, 2.24) is 0 Å². The Morgan fingerprint density at radius 1 is 0.800 bits per heavy atom. The largest absolute Gasteiger partial charge is 0.0654 e. The van der Waals surface area contributed by atoms with E-state index in [1.54, 1.807) is 0 Å². The molecule has 1 atom stereocenters. The van der Waals surface area contributed by atoms with Gasteiger partial charge in [0.05, 0.1) is 0 Å². The normalized spacial score (nSPS) is 14.2. The molecule has 0 amide bonds. The zero-order chi connectivity index (χ0) is 11.7. The summed E-state index contributed by atoms with van der Waals surface area (Å²) in [7, 11) is 0. The maximum atomic E-state index is 2.47. The highest BCUT2D eigenvalue weighted by Crippen LogP contribution is 2.38. The van der Waals surface area contributed by atoms with E-state index in [2.05, 4.69) is 34.6 Å². The van der Waals surface area contributed by atoms with Gasteiger partial charge in [-0.15, -0.1) is 0 Å². The van der Waals surface area contributed by atoms with Gasteiger partial charge < -0.3 is 0 Å². The molecule has 0 rings (SSSR count). The fourth-order valence-electron chi connectivity index (χ4n) is 2.76. The van der Waals surface area contributed by atoms with Crippen molar-refractivity contribution >= 4 is 0 Å². The van der Waals surface area contributed by atoms with Crippen LogP contribution in [0.4, 0.5) is 0 Å². The van der Waals surface area contributed by atoms with E-state index in [9.17, 15) is 0 Å². The SMILES string of the molecule is CCCCCC(CCC)C(C)(C)CCC. The summed E-state index contributed by atoms with van der Waals surface area (Å²) in [5, 5.41) is 0. The predicted octanol–water partition coefficient (Wildman–Crippen LogP) is 5.81. The predicted molar refractivity (Wildman–Crippen MR) is 71.2 cm³/mol. The molecule has 0 aromatic heterocycles. The van der Waals surface area contributed by atoms with Crippen LogP contribution in [0.25, 0.3) is 0 Å². The summed E-state index contributed by atoms with van der Waals surface area (Å²) >= 11 is 0. The average molecular weight is 212 g/mol. The van der Waals surface area contributed by atoms with Crippen LogP contribution in [0, 0.1) is 11.3 Å². The van der Waals surface area contributed by atoms with Crippen molar-refractivity contribution in [3.8, 4) is 0 Å². The van der Waals surface area contributed by atoms with Crippen molar-refractivity contribution in [2.24, 2.45) is 11.3 Å². The first kappa shape index (κ1) is 15.0. The lowest BCUT2D eigenvalue weighted by molar-refractivity contribution is 0.165. The van der Waals surface area contributed by atoms with Crippen molar-refractivity contribution in [3.63, 3.8) is 0 Å². The average Bonchev–Trinajstić information content (AvgIpc) is 2.16. The first-order valence-electron chi connectivity index (χ1n) is 7.08. The Labute approximate surface area is 97.8 Å². The van der Waals surface area contributed by atoms with E-state index in [1.807, 2.05) is 0 Å². The summed E-state index contributed by atoms with van der Waals surface area (Å²) in [4.78, 5) is 0. The van der Waals surface area contributed by atoms with Gasteiger partial charge in [0.25, 0.3) is 0 Å². The first-order valence-corrected chi connectivity index (χ1v) is 7.08. The van der Waals surface area contributed by atoms with Crippen LogP contribution in [0.5, 0.6) is 0 Å². The summed E-state index contributed by atoms with van der Waals surface area (Å²) in [6.07, 6.45) is 11.2. The Kier molecular flexibility index (Phi) is 8.19. The molecule has 15 heavy (non-hydrogen) atoms. The van der Waals surface area contributed by atoms with Gasteiger partial charge in [-0.2, -0.15) is 0 Å². The lowest BCUT2D eigenvalue weighted by Gasteiger charge is -2.34. The molecule has 0 heteroatoms. The first-order chi connectivity index (χ1) is 7.08. The maximum Gasteiger partial charge on any atom is -0.0326 e. The van der Waals surface area contributed by atoms with E-state index in [0.717, 1.165) is 5.92 Å². The van der Waals surface area contributed by atoms with Gasteiger partial charge in [0.15, 0.2) is 0 Å². The monoisotopic (exact) mass is 212 g/mol. The molecule has 0 nitrogen and oxygen atoms in total. The van der Waals surface area contributed by atoms with Gasteiger partial charge in [-0.1, -0.05) is 73.1 Å². The van der Waals surface area contributed by atoms with Crippen molar-refractivity contribution in [3.05, 3.63) is 0 Å². The summed E-state index contributed by atoms with van der Waals surface area (Å²) < 4.78 is 0.